The van der Waals surface area contributed by atoms with Crippen LogP contribution in [0, 0.1) is 6.92 Å². The van der Waals surface area contributed by atoms with Gasteiger partial charge in [-0.25, -0.2) is 0 Å². The molecule has 1 fully saturated rings. The number of morpholine rings is 1. The molecule has 0 spiro atoms. The van der Waals surface area contributed by atoms with Crippen LogP contribution in [-0.4, -0.2) is 67.6 Å². The summed E-state index contributed by atoms with van der Waals surface area (Å²) in [5, 5.41) is 3.48. The molecule has 0 radical (unpaired) electrons. The second-order valence-electron chi connectivity index (χ2n) is 6.17. The van der Waals surface area contributed by atoms with Crippen molar-refractivity contribution in [2.45, 2.75) is 20.3 Å². The lowest BCUT2D eigenvalue weighted by Gasteiger charge is -2.29. The first-order chi connectivity index (χ1) is 12.0. The molecule has 1 aromatic rings. The summed E-state index contributed by atoms with van der Waals surface area (Å²) in [6, 6.07) is 5.41. The van der Waals surface area contributed by atoms with E-state index in [4.69, 9.17) is 16.3 Å². The summed E-state index contributed by atoms with van der Waals surface area (Å²) < 4.78 is 5.32. The molecule has 0 saturated carbocycles. The molecule has 0 aromatic heterocycles. The smallest absolute Gasteiger partial charge is 0.226 e. The summed E-state index contributed by atoms with van der Waals surface area (Å²) in [4.78, 5) is 28.0. The van der Waals surface area contributed by atoms with Crippen LogP contribution in [0.25, 0.3) is 0 Å². The molecule has 1 aliphatic heterocycles. The molecule has 1 N–H and O–H groups in total. The number of amides is 2. The van der Waals surface area contributed by atoms with Crippen LogP contribution in [-0.2, 0) is 14.3 Å². The fourth-order valence-electron chi connectivity index (χ4n) is 2.71. The molecule has 0 aliphatic carbocycles. The number of benzene rings is 1. The lowest BCUT2D eigenvalue weighted by atomic mass is 10.2. The first kappa shape index (κ1) is 19.7. The van der Waals surface area contributed by atoms with E-state index in [9.17, 15) is 9.59 Å². The monoisotopic (exact) mass is 367 g/mol. The van der Waals surface area contributed by atoms with Crippen molar-refractivity contribution < 1.29 is 14.3 Å². The molecule has 1 heterocycles. The van der Waals surface area contributed by atoms with Gasteiger partial charge in [-0.05, 0) is 24.6 Å². The van der Waals surface area contributed by atoms with Gasteiger partial charge in [0.05, 0.1) is 13.2 Å². The van der Waals surface area contributed by atoms with Gasteiger partial charge in [0.25, 0.3) is 0 Å². The quantitative estimate of drug-likeness (QED) is 0.802. The molecule has 0 atom stereocenters. The van der Waals surface area contributed by atoms with Crippen LogP contribution in [0.5, 0.6) is 0 Å². The van der Waals surface area contributed by atoms with E-state index < -0.39 is 0 Å². The lowest BCUT2D eigenvalue weighted by Crippen LogP contribution is -2.43. The highest BCUT2D eigenvalue weighted by molar-refractivity contribution is 6.31. The van der Waals surface area contributed by atoms with Crippen molar-refractivity contribution in [2.75, 3.05) is 51.3 Å². The fraction of sp³-hybridized carbons (Fsp3) is 0.556. The van der Waals surface area contributed by atoms with Crippen molar-refractivity contribution in [3.05, 3.63) is 28.8 Å². The third-order valence-corrected chi connectivity index (χ3v) is 4.80. The molecule has 6 nitrogen and oxygen atoms in total. The number of nitrogens with one attached hydrogen (secondary N) is 1. The molecule has 1 aliphatic rings. The van der Waals surface area contributed by atoms with Crippen LogP contribution >= 0.6 is 11.6 Å². The van der Waals surface area contributed by atoms with Crippen molar-refractivity contribution in [2.24, 2.45) is 0 Å². The summed E-state index contributed by atoms with van der Waals surface area (Å²) in [5.74, 6) is -0.136. The van der Waals surface area contributed by atoms with E-state index in [1.807, 2.05) is 13.0 Å². The predicted octanol–water partition coefficient (Wildman–Crippen LogP) is 2.16. The average Bonchev–Trinajstić information content (AvgIpc) is 2.59. The van der Waals surface area contributed by atoms with Gasteiger partial charge in [0.15, 0.2) is 0 Å². The Bertz CT molecular complexity index is 603. The van der Waals surface area contributed by atoms with E-state index in [2.05, 4.69) is 10.2 Å². The second-order valence-corrected chi connectivity index (χ2v) is 6.58. The number of nitrogens with zero attached hydrogens (tertiary/aromatic N) is 2. The van der Waals surface area contributed by atoms with Gasteiger partial charge in [-0.2, -0.15) is 0 Å². The summed E-state index contributed by atoms with van der Waals surface area (Å²) in [6.45, 7) is 8.49. The molecule has 7 heteroatoms. The Hall–Kier alpha value is -1.63. The second kappa shape index (κ2) is 9.75. The third-order valence-electron chi connectivity index (χ3n) is 4.39. The van der Waals surface area contributed by atoms with Crippen molar-refractivity contribution in [1.29, 1.82) is 0 Å². The minimum Gasteiger partial charge on any atom is -0.379 e. The number of ether oxygens (including phenoxy) is 1. The van der Waals surface area contributed by atoms with E-state index in [1.54, 1.807) is 24.0 Å². The van der Waals surface area contributed by atoms with Gasteiger partial charge >= 0.3 is 0 Å². The highest BCUT2D eigenvalue weighted by atomic mass is 35.5. The lowest BCUT2D eigenvalue weighted by molar-refractivity contribution is -0.129. The number of anilines is 1. The molecule has 138 valence electrons. The van der Waals surface area contributed by atoms with Gasteiger partial charge in [0.1, 0.15) is 0 Å². The Balaban J connectivity index is 1.80. The standard InChI is InChI=1S/C18H26ClN3O3/c1-14-16(19)4-3-5-17(14)20-18(24)6-7-22(15(2)23)9-8-21-10-12-25-13-11-21/h3-5H,6-13H2,1-2H3,(H,20,24). The SMILES string of the molecule is CC(=O)N(CCC(=O)Nc1cccc(Cl)c1C)CCN1CCOCC1. The molecule has 2 amide bonds. The normalized spacial score (nSPS) is 15.0. The van der Waals surface area contributed by atoms with E-state index in [0.717, 1.165) is 38.4 Å². The molecule has 0 bridgehead atoms. The minimum absolute atomic E-state index is 0.0139. The molecule has 0 unspecified atom stereocenters. The highest BCUT2D eigenvalue weighted by Gasteiger charge is 2.15. The molecule has 25 heavy (non-hydrogen) atoms. The zero-order valence-electron chi connectivity index (χ0n) is 14.9. The number of carbonyl (C=O) groups is 2. The van der Waals surface area contributed by atoms with Crippen LogP contribution in [0.1, 0.15) is 18.9 Å². The Morgan fingerprint density at radius 1 is 1.28 bits per heavy atom. The van der Waals surface area contributed by atoms with Gasteiger partial charge in [0.2, 0.25) is 11.8 Å². The van der Waals surface area contributed by atoms with E-state index >= 15 is 0 Å². The third kappa shape index (κ3) is 6.30. The number of rotatable bonds is 7. The van der Waals surface area contributed by atoms with Gasteiger partial charge in [-0.3, -0.25) is 14.5 Å². The summed E-state index contributed by atoms with van der Waals surface area (Å²) in [7, 11) is 0. The molecule has 1 saturated heterocycles. The Labute approximate surface area is 154 Å². The van der Waals surface area contributed by atoms with Crippen LogP contribution in [0.4, 0.5) is 5.69 Å². The number of halogens is 1. The summed E-state index contributed by atoms with van der Waals surface area (Å²) >= 11 is 6.06. The minimum atomic E-state index is -0.122. The number of hydrogen-bond acceptors (Lipinski definition) is 4. The van der Waals surface area contributed by atoms with E-state index in [1.165, 1.54) is 0 Å². The predicted molar refractivity (Wildman–Crippen MR) is 98.9 cm³/mol. The van der Waals surface area contributed by atoms with Gasteiger partial charge in [-0.1, -0.05) is 17.7 Å². The van der Waals surface area contributed by atoms with Gasteiger partial charge in [0, 0.05) is 56.8 Å². The highest BCUT2D eigenvalue weighted by Crippen LogP contribution is 2.22. The van der Waals surface area contributed by atoms with Gasteiger partial charge < -0.3 is 15.0 Å². The zero-order valence-corrected chi connectivity index (χ0v) is 15.6. The maximum atomic E-state index is 12.2. The van der Waals surface area contributed by atoms with Crippen molar-refractivity contribution in [3.63, 3.8) is 0 Å². The van der Waals surface area contributed by atoms with Crippen LogP contribution in [0.15, 0.2) is 18.2 Å². The van der Waals surface area contributed by atoms with Crippen molar-refractivity contribution in [3.8, 4) is 0 Å². The van der Waals surface area contributed by atoms with Crippen molar-refractivity contribution >= 4 is 29.1 Å². The topological polar surface area (TPSA) is 61.9 Å². The van der Waals surface area contributed by atoms with Crippen molar-refractivity contribution in [1.82, 2.24) is 9.80 Å². The fourth-order valence-corrected chi connectivity index (χ4v) is 2.88. The summed E-state index contributed by atoms with van der Waals surface area (Å²) in [5.41, 5.74) is 1.55. The zero-order chi connectivity index (χ0) is 18.2. The average molecular weight is 368 g/mol. The molecular weight excluding hydrogens is 342 g/mol. The number of carbonyl (C=O) groups excluding carboxylic acids is 2. The maximum Gasteiger partial charge on any atom is 0.226 e. The van der Waals surface area contributed by atoms with Gasteiger partial charge in [-0.15, -0.1) is 0 Å². The Morgan fingerprint density at radius 2 is 2.00 bits per heavy atom. The van der Waals surface area contributed by atoms with Crippen LogP contribution in [0.3, 0.4) is 0 Å². The first-order valence-corrected chi connectivity index (χ1v) is 8.95. The molecule has 1 aromatic carbocycles. The first-order valence-electron chi connectivity index (χ1n) is 8.58. The van der Waals surface area contributed by atoms with Crippen LogP contribution < -0.4 is 5.32 Å². The molecule has 2 rings (SSSR count). The van der Waals surface area contributed by atoms with Crippen LogP contribution in [0.2, 0.25) is 5.02 Å². The van der Waals surface area contributed by atoms with E-state index in [-0.39, 0.29) is 18.2 Å². The maximum absolute atomic E-state index is 12.2. The Morgan fingerprint density at radius 3 is 2.68 bits per heavy atom. The largest absolute Gasteiger partial charge is 0.379 e. The summed E-state index contributed by atoms with van der Waals surface area (Å²) in [6.07, 6.45) is 0.259. The molecular formula is C18H26ClN3O3. The number of hydrogen-bond donors (Lipinski definition) is 1. The Kier molecular flexibility index (Phi) is 7.68. The van der Waals surface area contributed by atoms with E-state index in [0.29, 0.717) is 23.8 Å².